The normalized spacial score (nSPS) is 9.86. The van der Waals surface area contributed by atoms with Crippen LogP contribution in [-0.2, 0) is 6.42 Å². The molecular formula is C17H20N2O3. The number of urea groups is 1. The van der Waals surface area contributed by atoms with E-state index >= 15 is 0 Å². The molecule has 2 rings (SSSR count). The Kier molecular flexibility index (Phi) is 6.11. The summed E-state index contributed by atoms with van der Waals surface area (Å²) >= 11 is 0. The highest BCUT2D eigenvalue weighted by Gasteiger charge is 2.01. The summed E-state index contributed by atoms with van der Waals surface area (Å²) in [5.41, 5.74) is 1.11. The lowest BCUT2D eigenvalue weighted by Crippen LogP contribution is -2.38. The molecule has 0 unspecified atom stereocenters. The average molecular weight is 300 g/mol. The minimum absolute atomic E-state index is 0.134. The van der Waals surface area contributed by atoms with Crippen LogP contribution in [0.5, 0.6) is 11.5 Å². The molecule has 2 aromatic carbocycles. The maximum Gasteiger partial charge on any atom is 0.317 e. The Morgan fingerprint density at radius 3 is 2.55 bits per heavy atom. The number of ether oxygens (including phenoxy) is 2. The molecule has 0 aliphatic carbocycles. The Bertz CT molecular complexity index is 587. The molecule has 0 bridgehead atoms. The van der Waals surface area contributed by atoms with Gasteiger partial charge in [-0.1, -0.05) is 30.3 Å². The van der Waals surface area contributed by atoms with Gasteiger partial charge in [0.25, 0.3) is 0 Å². The van der Waals surface area contributed by atoms with E-state index in [1.54, 1.807) is 7.11 Å². The van der Waals surface area contributed by atoms with Crippen LogP contribution in [0, 0.1) is 0 Å². The molecule has 0 aliphatic heterocycles. The molecule has 5 nitrogen and oxygen atoms in total. The third-order valence-corrected chi connectivity index (χ3v) is 3.05. The highest BCUT2D eigenvalue weighted by molar-refractivity contribution is 5.73. The van der Waals surface area contributed by atoms with Gasteiger partial charge in [-0.05, 0) is 36.2 Å². The number of methoxy groups -OCH3 is 1. The molecule has 0 spiro atoms. The maximum absolute atomic E-state index is 11.6. The van der Waals surface area contributed by atoms with E-state index in [2.05, 4.69) is 10.6 Å². The van der Waals surface area contributed by atoms with Gasteiger partial charge in [0.05, 0.1) is 7.11 Å². The lowest BCUT2D eigenvalue weighted by Gasteiger charge is -2.09. The van der Waals surface area contributed by atoms with Crippen LogP contribution >= 0.6 is 0 Å². The van der Waals surface area contributed by atoms with Crippen LogP contribution in [0.15, 0.2) is 54.6 Å². The molecule has 0 saturated heterocycles. The summed E-state index contributed by atoms with van der Waals surface area (Å²) in [5.74, 6) is 1.54. The molecular weight excluding hydrogens is 280 g/mol. The van der Waals surface area contributed by atoms with Crippen LogP contribution in [-0.4, -0.2) is 26.4 Å². The van der Waals surface area contributed by atoms with E-state index in [1.807, 2.05) is 54.6 Å². The summed E-state index contributed by atoms with van der Waals surface area (Å²) in [6, 6.07) is 16.9. The molecule has 0 fully saturated rings. The SMILES string of the molecule is COc1cccc(CCNC(=O)NCOc2ccccc2)c1. The van der Waals surface area contributed by atoms with Crippen LogP contribution in [0.4, 0.5) is 4.79 Å². The lowest BCUT2D eigenvalue weighted by molar-refractivity contribution is 0.224. The zero-order valence-electron chi connectivity index (χ0n) is 12.5. The quantitative estimate of drug-likeness (QED) is 0.773. The van der Waals surface area contributed by atoms with Crippen LogP contribution in [0.2, 0.25) is 0 Å². The van der Waals surface area contributed by atoms with Gasteiger partial charge in [-0.3, -0.25) is 0 Å². The van der Waals surface area contributed by atoms with E-state index in [4.69, 9.17) is 9.47 Å². The third-order valence-electron chi connectivity index (χ3n) is 3.05. The highest BCUT2D eigenvalue weighted by atomic mass is 16.5. The fourth-order valence-electron chi connectivity index (χ4n) is 1.91. The first-order valence-corrected chi connectivity index (χ1v) is 7.10. The summed E-state index contributed by atoms with van der Waals surface area (Å²) in [4.78, 5) is 11.6. The first-order valence-electron chi connectivity index (χ1n) is 7.10. The van der Waals surface area contributed by atoms with E-state index in [9.17, 15) is 4.79 Å². The Morgan fingerprint density at radius 1 is 1.00 bits per heavy atom. The highest BCUT2D eigenvalue weighted by Crippen LogP contribution is 2.12. The van der Waals surface area contributed by atoms with Crippen LogP contribution < -0.4 is 20.1 Å². The molecule has 0 aliphatic rings. The molecule has 0 heterocycles. The van der Waals surface area contributed by atoms with Gasteiger partial charge in [-0.15, -0.1) is 0 Å². The Hall–Kier alpha value is -2.69. The van der Waals surface area contributed by atoms with Gasteiger partial charge >= 0.3 is 6.03 Å². The standard InChI is InChI=1S/C17H20N2O3/c1-21-16-9-5-6-14(12-16)10-11-18-17(20)19-13-22-15-7-3-2-4-8-15/h2-9,12H,10-11,13H2,1H3,(H2,18,19,20). The number of benzene rings is 2. The zero-order chi connectivity index (χ0) is 15.6. The van der Waals surface area contributed by atoms with Crippen molar-refractivity contribution in [3.05, 3.63) is 60.2 Å². The predicted octanol–water partition coefficient (Wildman–Crippen LogP) is 2.57. The van der Waals surface area contributed by atoms with Crippen LogP contribution in [0.25, 0.3) is 0 Å². The molecule has 2 N–H and O–H groups in total. The summed E-state index contributed by atoms with van der Waals surface area (Å²) in [5, 5.41) is 5.43. The van der Waals surface area contributed by atoms with Crippen molar-refractivity contribution < 1.29 is 14.3 Å². The van der Waals surface area contributed by atoms with Gasteiger partial charge in [-0.25, -0.2) is 4.79 Å². The second kappa shape index (κ2) is 8.56. The van der Waals surface area contributed by atoms with Crippen molar-refractivity contribution in [2.24, 2.45) is 0 Å². The zero-order valence-corrected chi connectivity index (χ0v) is 12.5. The first-order chi connectivity index (χ1) is 10.8. The lowest BCUT2D eigenvalue weighted by atomic mass is 10.1. The number of rotatable bonds is 7. The number of hydrogen-bond acceptors (Lipinski definition) is 3. The number of hydrogen-bond donors (Lipinski definition) is 2. The molecule has 0 radical (unpaired) electrons. The smallest absolute Gasteiger partial charge is 0.317 e. The van der Waals surface area contributed by atoms with Crippen molar-refractivity contribution in [2.75, 3.05) is 20.4 Å². The van der Waals surface area contributed by atoms with Crippen molar-refractivity contribution in [1.29, 1.82) is 0 Å². The van der Waals surface area contributed by atoms with Crippen molar-refractivity contribution in [3.8, 4) is 11.5 Å². The summed E-state index contributed by atoms with van der Waals surface area (Å²) in [6.45, 7) is 0.680. The minimum Gasteiger partial charge on any atom is -0.497 e. The number of carbonyl (C=O) groups is 1. The molecule has 2 amide bonds. The largest absolute Gasteiger partial charge is 0.497 e. The Balaban J connectivity index is 1.63. The third kappa shape index (κ3) is 5.36. The van der Waals surface area contributed by atoms with Crippen molar-refractivity contribution in [3.63, 3.8) is 0 Å². The second-order valence-electron chi connectivity index (χ2n) is 4.64. The van der Waals surface area contributed by atoms with Gasteiger partial charge in [-0.2, -0.15) is 0 Å². The fraction of sp³-hybridized carbons (Fsp3) is 0.235. The maximum atomic E-state index is 11.6. The van der Waals surface area contributed by atoms with Gasteiger partial charge in [0.2, 0.25) is 0 Å². The Labute approximate surface area is 130 Å². The van der Waals surface area contributed by atoms with Gasteiger partial charge < -0.3 is 20.1 Å². The monoisotopic (exact) mass is 300 g/mol. The van der Waals surface area contributed by atoms with E-state index in [0.717, 1.165) is 23.5 Å². The Morgan fingerprint density at radius 2 is 1.77 bits per heavy atom. The molecule has 22 heavy (non-hydrogen) atoms. The summed E-state index contributed by atoms with van der Waals surface area (Å²) in [6.07, 6.45) is 0.740. The molecule has 0 saturated carbocycles. The van der Waals surface area contributed by atoms with Gasteiger partial charge in [0.1, 0.15) is 11.5 Å². The first kappa shape index (κ1) is 15.7. The summed E-state index contributed by atoms with van der Waals surface area (Å²) < 4.78 is 10.5. The van der Waals surface area contributed by atoms with E-state index < -0.39 is 0 Å². The topological polar surface area (TPSA) is 59.6 Å². The van der Waals surface area contributed by atoms with Crippen molar-refractivity contribution in [1.82, 2.24) is 10.6 Å². The van der Waals surface area contributed by atoms with Gasteiger partial charge in [0, 0.05) is 6.54 Å². The molecule has 2 aromatic rings. The van der Waals surface area contributed by atoms with E-state index in [0.29, 0.717) is 6.54 Å². The fourth-order valence-corrected chi connectivity index (χ4v) is 1.91. The van der Waals surface area contributed by atoms with Crippen LogP contribution in [0.3, 0.4) is 0 Å². The van der Waals surface area contributed by atoms with Gasteiger partial charge in [0.15, 0.2) is 6.73 Å². The number of para-hydroxylation sites is 1. The predicted molar refractivity (Wildman–Crippen MR) is 85.2 cm³/mol. The van der Waals surface area contributed by atoms with E-state index in [1.165, 1.54) is 0 Å². The van der Waals surface area contributed by atoms with Crippen molar-refractivity contribution >= 4 is 6.03 Å². The number of amides is 2. The molecule has 116 valence electrons. The van der Waals surface area contributed by atoms with Crippen LogP contribution in [0.1, 0.15) is 5.56 Å². The van der Waals surface area contributed by atoms with Crippen molar-refractivity contribution in [2.45, 2.75) is 6.42 Å². The molecule has 0 atom stereocenters. The van der Waals surface area contributed by atoms with E-state index in [-0.39, 0.29) is 12.8 Å². The summed E-state index contributed by atoms with van der Waals surface area (Å²) in [7, 11) is 1.64. The number of nitrogens with one attached hydrogen (secondary N) is 2. The molecule has 5 heteroatoms. The second-order valence-corrected chi connectivity index (χ2v) is 4.64. The number of carbonyl (C=O) groups excluding carboxylic acids is 1. The minimum atomic E-state index is -0.251. The molecule has 0 aromatic heterocycles. The average Bonchev–Trinajstić information content (AvgIpc) is 2.56.